The number of nitrogens with zero attached hydrogens (tertiary/aromatic N) is 1. The van der Waals surface area contributed by atoms with Crippen LogP contribution in [0.5, 0.6) is 0 Å². The van der Waals surface area contributed by atoms with E-state index < -0.39 is 0 Å². The number of thiophene rings is 1. The second kappa shape index (κ2) is 6.62. The van der Waals surface area contributed by atoms with E-state index in [2.05, 4.69) is 40.3 Å². The van der Waals surface area contributed by atoms with Gasteiger partial charge in [0.05, 0.1) is 0 Å². The molecule has 0 fully saturated rings. The molecule has 4 heteroatoms. The Morgan fingerprint density at radius 2 is 2.23 bits per heavy atom. The third-order valence-corrected chi connectivity index (χ3v) is 4.33. The lowest BCUT2D eigenvalue weighted by molar-refractivity contribution is -0.116. The molecule has 1 amide bonds. The number of amides is 1. The van der Waals surface area contributed by atoms with E-state index in [1.165, 1.54) is 16.5 Å². The van der Waals surface area contributed by atoms with Gasteiger partial charge in [-0.05, 0) is 64.0 Å². The number of benzene rings is 1. The molecule has 0 atom stereocenters. The fourth-order valence-electron chi connectivity index (χ4n) is 2.42. The van der Waals surface area contributed by atoms with E-state index in [-0.39, 0.29) is 5.91 Å². The molecule has 3 aromatic rings. The van der Waals surface area contributed by atoms with E-state index in [4.69, 9.17) is 0 Å². The smallest absolute Gasteiger partial charge is 0.244 e. The van der Waals surface area contributed by atoms with Crippen molar-refractivity contribution in [3.8, 4) is 0 Å². The minimum absolute atomic E-state index is 0.0491. The first-order valence-corrected chi connectivity index (χ1v) is 8.19. The molecule has 0 aliphatic carbocycles. The van der Waals surface area contributed by atoms with Crippen LogP contribution in [0.3, 0.4) is 0 Å². The van der Waals surface area contributed by atoms with Gasteiger partial charge in [0.2, 0.25) is 5.91 Å². The molecule has 1 N–H and O–H groups in total. The molecule has 0 radical (unpaired) electrons. The molecule has 2 heterocycles. The Kier molecular flexibility index (Phi) is 4.39. The maximum Gasteiger partial charge on any atom is 0.244 e. The largest absolute Gasteiger partial charge is 0.352 e. The summed E-state index contributed by atoms with van der Waals surface area (Å²) in [5.41, 5.74) is 3.53. The number of fused-ring (bicyclic) bond motifs is 1. The molecule has 112 valence electrons. The van der Waals surface area contributed by atoms with Crippen molar-refractivity contribution >= 4 is 34.2 Å². The fraction of sp³-hybridized carbons (Fsp3) is 0.167. The summed E-state index contributed by atoms with van der Waals surface area (Å²) in [5, 5.41) is 8.17. The van der Waals surface area contributed by atoms with Crippen LogP contribution in [0.15, 0.2) is 53.4 Å². The number of carbonyl (C=O) groups excluding carboxylic acids is 1. The minimum Gasteiger partial charge on any atom is -0.352 e. The van der Waals surface area contributed by atoms with Gasteiger partial charge in [0.15, 0.2) is 0 Å². The van der Waals surface area contributed by atoms with E-state index in [0.717, 1.165) is 12.0 Å². The average molecular weight is 310 g/mol. The van der Waals surface area contributed by atoms with Crippen LogP contribution in [0, 0.1) is 0 Å². The number of nitrogens with one attached hydrogen (secondary N) is 1. The molecule has 3 rings (SSSR count). The van der Waals surface area contributed by atoms with Crippen molar-refractivity contribution in [1.82, 2.24) is 9.88 Å². The lowest BCUT2D eigenvalue weighted by Gasteiger charge is -2.04. The van der Waals surface area contributed by atoms with Crippen LogP contribution in [0.25, 0.3) is 17.0 Å². The van der Waals surface area contributed by atoms with E-state index in [1.807, 2.05) is 30.0 Å². The van der Waals surface area contributed by atoms with Crippen molar-refractivity contribution < 1.29 is 4.79 Å². The standard InChI is InChI=1S/C18H18N2OS/c1-20-10-7-16-12-14(2-4-17(16)20)6-9-19-18(21)5-3-15-8-11-22-13-15/h2-5,7-8,10-13H,6,9H2,1H3,(H,19,21). The van der Waals surface area contributed by atoms with Gasteiger partial charge >= 0.3 is 0 Å². The summed E-state index contributed by atoms with van der Waals surface area (Å²) in [4.78, 5) is 11.7. The first-order valence-electron chi connectivity index (χ1n) is 7.24. The lowest BCUT2D eigenvalue weighted by Crippen LogP contribution is -2.23. The van der Waals surface area contributed by atoms with Gasteiger partial charge in [-0.25, -0.2) is 0 Å². The Morgan fingerprint density at radius 3 is 3.05 bits per heavy atom. The molecule has 2 aromatic heterocycles. The molecular formula is C18H18N2OS. The van der Waals surface area contributed by atoms with Gasteiger partial charge in [-0.15, -0.1) is 0 Å². The molecule has 0 unspecified atom stereocenters. The molecule has 0 aliphatic rings. The van der Waals surface area contributed by atoms with Crippen molar-refractivity contribution in [2.75, 3.05) is 6.54 Å². The zero-order chi connectivity index (χ0) is 15.4. The van der Waals surface area contributed by atoms with Gasteiger partial charge in [0, 0.05) is 31.4 Å². The van der Waals surface area contributed by atoms with Crippen LogP contribution in [0.4, 0.5) is 0 Å². The summed E-state index contributed by atoms with van der Waals surface area (Å²) < 4.78 is 2.11. The lowest BCUT2D eigenvalue weighted by atomic mass is 10.1. The topological polar surface area (TPSA) is 34.0 Å². The Morgan fingerprint density at radius 1 is 1.32 bits per heavy atom. The molecule has 1 aromatic carbocycles. The Bertz CT molecular complexity index is 800. The molecular weight excluding hydrogens is 292 g/mol. The van der Waals surface area contributed by atoms with Gasteiger partial charge in [0.25, 0.3) is 0 Å². The van der Waals surface area contributed by atoms with Crippen LogP contribution in [0.1, 0.15) is 11.1 Å². The SMILES string of the molecule is Cn1ccc2cc(CCNC(=O)C=Cc3ccsc3)ccc21. The highest BCUT2D eigenvalue weighted by Gasteiger charge is 2.01. The van der Waals surface area contributed by atoms with Gasteiger partial charge in [-0.1, -0.05) is 6.07 Å². The second-order valence-electron chi connectivity index (χ2n) is 5.25. The van der Waals surface area contributed by atoms with E-state index in [0.29, 0.717) is 6.54 Å². The third kappa shape index (κ3) is 3.46. The Balaban J connectivity index is 1.52. The number of rotatable bonds is 5. The van der Waals surface area contributed by atoms with Gasteiger partial charge in [-0.2, -0.15) is 11.3 Å². The van der Waals surface area contributed by atoms with Crippen molar-refractivity contribution in [2.24, 2.45) is 7.05 Å². The van der Waals surface area contributed by atoms with Gasteiger partial charge in [-0.3, -0.25) is 4.79 Å². The van der Waals surface area contributed by atoms with Crippen LogP contribution in [0.2, 0.25) is 0 Å². The van der Waals surface area contributed by atoms with Crippen molar-refractivity contribution in [2.45, 2.75) is 6.42 Å². The summed E-state index contributed by atoms with van der Waals surface area (Å²) in [5.74, 6) is -0.0491. The normalized spacial score (nSPS) is 11.3. The highest BCUT2D eigenvalue weighted by Crippen LogP contribution is 2.16. The highest BCUT2D eigenvalue weighted by molar-refractivity contribution is 7.08. The van der Waals surface area contributed by atoms with Crippen molar-refractivity contribution in [1.29, 1.82) is 0 Å². The van der Waals surface area contributed by atoms with E-state index in [1.54, 1.807) is 17.4 Å². The number of carbonyl (C=O) groups is 1. The second-order valence-corrected chi connectivity index (χ2v) is 6.03. The molecule has 0 saturated carbocycles. The number of hydrogen-bond donors (Lipinski definition) is 1. The highest BCUT2D eigenvalue weighted by atomic mass is 32.1. The van der Waals surface area contributed by atoms with E-state index in [9.17, 15) is 4.79 Å². The first kappa shape index (κ1) is 14.6. The summed E-state index contributed by atoms with van der Waals surface area (Å²) in [6.07, 6.45) is 6.32. The molecule has 3 nitrogen and oxygen atoms in total. The number of hydrogen-bond acceptors (Lipinski definition) is 2. The monoisotopic (exact) mass is 310 g/mol. The zero-order valence-corrected chi connectivity index (χ0v) is 13.3. The summed E-state index contributed by atoms with van der Waals surface area (Å²) in [7, 11) is 2.04. The van der Waals surface area contributed by atoms with Crippen LogP contribution in [-0.4, -0.2) is 17.0 Å². The minimum atomic E-state index is -0.0491. The maximum absolute atomic E-state index is 11.7. The van der Waals surface area contributed by atoms with Gasteiger partial charge < -0.3 is 9.88 Å². The number of aryl methyl sites for hydroxylation is 1. The van der Waals surface area contributed by atoms with Crippen molar-refractivity contribution in [3.05, 3.63) is 64.5 Å². The Hall–Kier alpha value is -2.33. The quantitative estimate of drug-likeness (QED) is 0.718. The average Bonchev–Trinajstić information content (AvgIpc) is 3.15. The molecule has 0 bridgehead atoms. The molecule has 0 saturated heterocycles. The molecule has 22 heavy (non-hydrogen) atoms. The molecule has 0 aliphatic heterocycles. The van der Waals surface area contributed by atoms with Crippen molar-refractivity contribution in [3.63, 3.8) is 0 Å². The third-order valence-electron chi connectivity index (χ3n) is 3.63. The first-order chi connectivity index (χ1) is 10.7. The maximum atomic E-state index is 11.7. The summed E-state index contributed by atoms with van der Waals surface area (Å²) >= 11 is 1.62. The predicted molar refractivity (Wildman–Crippen MR) is 93.0 cm³/mol. The summed E-state index contributed by atoms with van der Waals surface area (Å²) in [6, 6.07) is 10.5. The summed E-state index contributed by atoms with van der Waals surface area (Å²) in [6.45, 7) is 0.644. The van der Waals surface area contributed by atoms with Gasteiger partial charge in [0.1, 0.15) is 0 Å². The molecule has 0 spiro atoms. The van der Waals surface area contributed by atoms with E-state index >= 15 is 0 Å². The zero-order valence-electron chi connectivity index (χ0n) is 12.5. The van der Waals surface area contributed by atoms with Crippen LogP contribution in [-0.2, 0) is 18.3 Å². The number of aromatic nitrogens is 1. The Labute approximate surface area is 133 Å². The van der Waals surface area contributed by atoms with Crippen LogP contribution >= 0.6 is 11.3 Å². The van der Waals surface area contributed by atoms with Crippen LogP contribution < -0.4 is 5.32 Å². The predicted octanol–water partition coefficient (Wildman–Crippen LogP) is 3.61. The fourth-order valence-corrected chi connectivity index (χ4v) is 3.05.